The molecule has 4 nitrogen and oxygen atoms in total. The minimum atomic E-state index is -0.257. The lowest BCUT2D eigenvalue weighted by Gasteiger charge is -2.25. The number of hydrogen-bond acceptors (Lipinski definition) is 4. The van der Waals surface area contributed by atoms with Gasteiger partial charge in [0.1, 0.15) is 0 Å². The monoisotopic (exact) mass is 364 g/mol. The van der Waals surface area contributed by atoms with Crippen LogP contribution in [0, 0.1) is 0 Å². The van der Waals surface area contributed by atoms with E-state index in [1.165, 1.54) is 11.8 Å². The molecule has 0 radical (unpaired) electrons. The van der Waals surface area contributed by atoms with Crippen molar-refractivity contribution >= 4 is 59.2 Å². The molecule has 1 aliphatic rings. The van der Waals surface area contributed by atoms with Crippen LogP contribution in [0.3, 0.4) is 0 Å². The zero-order chi connectivity index (χ0) is 16.6. The molecule has 0 aliphatic carbocycles. The Morgan fingerprint density at radius 1 is 1.30 bits per heavy atom. The minimum absolute atomic E-state index is 0.0243. The van der Waals surface area contributed by atoms with Crippen LogP contribution in [0.1, 0.15) is 10.4 Å². The van der Waals surface area contributed by atoms with E-state index in [4.69, 9.17) is 11.6 Å². The van der Waals surface area contributed by atoms with Crippen molar-refractivity contribution in [2.45, 2.75) is 9.79 Å². The number of nitrogens with zero attached hydrogens (tertiary/aromatic N) is 1. The second kappa shape index (κ2) is 6.47. The Hall–Kier alpha value is -1.63. The molecule has 2 aromatic carbocycles. The van der Waals surface area contributed by atoms with Gasteiger partial charge in [0.2, 0.25) is 5.91 Å². The summed E-state index contributed by atoms with van der Waals surface area (Å²) >= 11 is 11.7. The summed E-state index contributed by atoms with van der Waals surface area (Å²) < 4.78 is 0. The predicted molar refractivity (Wildman–Crippen MR) is 97.2 cm³/mol. The number of fused-ring (bicyclic) bond motifs is 1. The molecular weight excluding hydrogens is 352 g/mol. The van der Waals surface area contributed by atoms with Crippen molar-refractivity contribution in [1.82, 2.24) is 0 Å². The number of thioether (sulfide) groups is 1. The number of carbonyl (C=O) groups is 2. The molecule has 7 heteroatoms. The van der Waals surface area contributed by atoms with E-state index in [1.54, 1.807) is 42.3 Å². The number of benzene rings is 2. The highest BCUT2D eigenvalue weighted by Gasteiger charge is 2.22. The molecule has 3 rings (SSSR count). The van der Waals surface area contributed by atoms with E-state index >= 15 is 0 Å². The average Bonchev–Trinajstić information content (AvgIpc) is 2.54. The SMILES string of the molecule is CN1C(=O)CSc2ccc(C(=O)Nc3ccc(S)c(Cl)c3)cc21. The van der Waals surface area contributed by atoms with E-state index in [0.717, 1.165) is 10.6 Å². The average molecular weight is 365 g/mol. The summed E-state index contributed by atoms with van der Waals surface area (Å²) in [4.78, 5) is 27.4. The minimum Gasteiger partial charge on any atom is -0.322 e. The van der Waals surface area contributed by atoms with Gasteiger partial charge in [0, 0.05) is 28.1 Å². The van der Waals surface area contributed by atoms with Crippen molar-refractivity contribution in [2.75, 3.05) is 23.0 Å². The first-order valence-electron chi connectivity index (χ1n) is 6.79. The van der Waals surface area contributed by atoms with E-state index in [-0.39, 0.29) is 11.8 Å². The van der Waals surface area contributed by atoms with Gasteiger partial charge in [0.05, 0.1) is 16.5 Å². The van der Waals surface area contributed by atoms with Gasteiger partial charge in [0.15, 0.2) is 0 Å². The summed E-state index contributed by atoms with van der Waals surface area (Å²) in [5.41, 5.74) is 1.83. The zero-order valence-electron chi connectivity index (χ0n) is 12.2. The first-order valence-corrected chi connectivity index (χ1v) is 8.60. The summed E-state index contributed by atoms with van der Waals surface area (Å²) in [5, 5.41) is 3.26. The summed E-state index contributed by atoms with van der Waals surface area (Å²) in [7, 11) is 1.72. The maximum Gasteiger partial charge on any atom is 0.255 e. The number of amides is 2. The molecule has 0 bridgehead atoms. The summed E-state index contributed by atoms with van der Waals surface area (Å²) in [6.45, 7) is 0. The van der Waals surface area contributed by atoms with E-state index in [1.807, 2.05) is 6.07 Å². The molecule has 0 aromatic heterocycles. The fourth-order valence-electron chi connectivity index (χ4n) is 2.20. The van der Waals surface area contributed by atoms with Gasteiger partial charge in [-0.3, -0.25) is 9.59 Å². The van der Waals surface area contributed by atoms with Crippen molar-refractivity contribution < 1.29 is 9.59 Å². The molecule has 0 fully saturated rings. The lowest BCUT2D eigenvalue weighted by atomic mass is 10.1. The Bertz CT molecular complexity index is 811. The standard InChI is InChI=1S/C16H13ClN2O2S2/c1-19-12-6-9(2-5-14(12)23-8-15(19)20)16(21)18-10-3-4-13(22)11(17)7-10/h2-7,22H,8H2,1H3,(H,18,21). The third-order valence-corrected chi connectivity index (χ3v) is 5.40. The number of hydrogen-bond donors (Lipinski definition) is 2. The molecule has 0 spiro atoms. The van der Waals surface area contributed by atoms with Gasteiger partial charge in [-0.1, -0.05) is 11.6 Å². The molecule has 2 aromatic rings. The number of carbonyl (C=O) groups excluding carboxylic acids is 2. The Labute approximate surface area is 148 Å². The Kier molecular flexibility index (Phi) is 4.57. The predicted octanol–water partition coefficient (Wildman–Crippen LogP) is 3.95. The maximum absolute atomic E-state index is 12.4. The topological polar surface area (TPSA) is 49.4 Å². The van der Waals surface area contributed by atoms with Crippen LogP contribution in [0.4, 0.5) is 11.4 Å². The van der Waals surface area contributed by atoms with Crippen molar-refractivity contribution in [3.05, 3.63) is 47.0 Å². The van der Waals surface area contributed by atoms with E-state index in [0.29, 0.717) is 26.9 Å². The molecule has 1 aliphatic heterocycles. The molecule has 0 saturated carbocycles. The van der Waals surface area contributed by atoms with Crippen LogP contribution >= 0.6 is 36.0 Å². The van der Waals surface area contributed by atoms with E-state index in [2.05, 4.69) is 17.9 Å². The number of halogens is 1. The lowest BCUT2D eigenvalue weighted by molar-refractivity contribution is -0.116. The quantitative estimate of drug-likeness (QED) is 0.793. The van der Waals surface area contributed by atoms with Crippen molar-refractivity contribution in [2.24, 2.45) is 0 Å². The summed E-state index contributed by atoms with van der Waals surface area (Å²) in [5.74, 6) is 0.187. The number of anilines is 2. The first-order chi connectivity index (χ1) is 11.0. The maximum atomic E-state index is 12.4. The van der Waals surface area contributed by atoms with E-state index in [9.17, 15) is 9.59 Å². The smallest absolute Gasteiger partial charge is 0.255 e. The number of nitrogens with one attached hydrogen (secondary N) is 1. The van der Waals surface area contributed by atoms with Gasteiger partial charge in [-0.05, 0) is 36.4 Å². The Morgan fingerprint density at radius 3 is 2.83 bits per heavy atom. The van der Waals surface area contributed by atoms with Gasteiger partial charge in [-0.15, -0.1) is 24.4 Å². The molecular formula is C16H13ClN2O2S2. The number of thiol groups is 1. The fraction of sp³-hybridized carbons (Fsp3) is 0.125. The van der Waals surface area contributed by atoms with Gasteiger partial charge in [0.25, 0.3) is 5.91 Å². The Balaban J connectivity index is 1.85. The third kappa shape index (κ3) is 3.34. The van der Waals surface area contributed by atoms with Crippen LogP contribution in [0.5, 0.6) is 0 Å². The van der Waals surface area contributed by atoms with Gasteiger partial charge in [-0.2, -0.15) is 0 Å². The largest absolute Gasteiger partial charge is 0.322 e. The van der Waals surface area contributed by atoms with Crippen molar-refractivity contribution in [3.63, 3.8) is 0 Å². The highest BCUT2D eigenvalue weighted by atomic mass is 35.5. The molecule has 0 saturated heterocycles. The zero-order valence-corrected chi connectivity index (χ0v) is 14.6. The molecule has 1 heterocycles. The molecule has 1 N–H and O–H groups in total. The van der Waals surface area contributed by atoms with Crippen LogP contribution < -0.4 is 10.2 Å². The summed E-state index contributed by atoms with van der Waals surface area (Å²) in [6.07, 6.45) is 0. The molecule has 118 valence electrons. The molecule has 23 heavy (non-hydrogen) atoms. The molecule has 2 amide bonds. The first kappa shape index (κ1) is 16.2. The second-order valence-corrected chi connectivity index (χ2v) is 6.95. The molecule has 0 atom stereocenters. The van der Waals surface area contributed by atoms with Gasteiger partial charge < -0.3 is 10.2 Å². The molecule has 0 unspecified atom stereocenters. The van der Waals surface area contributed by atoms with Crippen LogP contribution in [0.15, 0.2) is 46.2 Å². The third-order valence-electron chi connectivity index (χ3n) is 3.51. The highest BCUT2D eigenvalue weighted by molar-refractivity contribution is 8.00. The van der Waals surface area contributed by atoms with Crippen LogP contribution in [0.2, 0.25) is 5.02 Å². The van der Waals surface area contributed by atoms with Crippen molar-refractivity contribution in [1.29, 1.82) is 0 Å². The van der Waals surface area contributed by atoms with Crippen molar-refractivity contribution in [3.8, 4) is 0 Å². The Morgan fingerprint density at radius 2 is 2.09 bits per heavy atom. The van der Waals surface area contributed by atoms with Gasteiger partial charge >= 0.3 is 0 Å². The lowest BCUT2D eigenvalue weighted by Crippen LogP contribution is -2.31. The summed E-state index contributed by atoms with van der Waals surface area (Å²) in [6, 6.07) is 10.4. The second-order valence-electron chi connectivity index (χ2n) is 5.04. The highest BCUT2D eigenvalue weighted by Crippen LogP contribution is 2.35. The number of rotatable bonds is 2. The fourth-order valence-corrected chi connectivity index (χ4v) is 3.50. The van der Waals surface area contributed by atoms with E-state index < -0.39 is 0 Å². The van der Waals surface area contributed by atoms with Crippen LogP contribution in [-0.2, 0) is 4.79 Å². The van der Waals surface area contributed by atoms with Crippen LogP contribution in [0.25, 0.3) is 0 Å². The van der Waals surface area contributed by atoms with Crippen LogP contribution in [-0.4, -0.2) is 24.6 Å². The normalized spacial score (nSPS) is 13.7. The van der Waals surface area contributed by atoms with Gasteiger partial charge in [-0.25, -0.2) is 0 Å².